The summed E-state index contributed by atoms with van der Waals surface area (Å²) in [4.78, 5) is 2.04. The average molecular weight is 232 g/mol. The first kappa shape index (κ1) is 11.4. The molecule has 0 aliphatic carbocycles. The van der Waals surface area contributed by atoms with E-state index in [4.69, 9.17) is 14.9 Å². The Kier molecular flexibility index (Phi) is 3.23. The van der Waals surface area contributed by atoms with Gasteiger partial charge in [-0.3, -0.25) is 0 Å². The zero-order valence-electron chi connectivity index (χ0n) is 10.0. The number of furan rings is 1. The number of hydrogen-bond donors (Lipinski definition) is 1. The number of rotatable bonds is 4. The Bertz CT molecular complexity index is 480. The van der Waals surface area contributed by atoms with Gasteiger partial charge in [-0.05, 0) is 24.3 Å². The molecule has 90 valence electrons. The van der Waals surface area contributed by atoms with Crippen LogP contribution in [0.4, 0.5) is 11.4 Å². The highest BCUT2D eigenvalue weighted by Crippen LogP contribution is 2.27. The molecule has 0 spiro atoms. The second kappa shape index (κ2) is 4.82. The standard InChI is InChI=1S/C13H16N2O2/c1-15(9-11-4-3-7-17-11)13-6-5-10(16-2)8-12(13)14/h3-8H,9,14H2,1-2H3. The van der Waals surface area contributed by atoms with E-state index in [1.165, 1.54) is 0 Å². The van der Waals surface area contributed by atoms with Gasteiger partial charge < -0.3 is 19.8 Å². The Balaban J connectivity index is 2.16. The van der Waals surface area contributed by atoms with Crippen molar-refractivity contribution in [2.45, 2.75) is 6.54 Å². The van der Waals surface area contributed by atoms with Crippen LogP contribution in [0.2, 0.25) is 0 Å². The van der Waals surface area contributed by atoms with E-state index in [1.54, 1.807) is 13.4 Å². The van der Waals surface area contributed by atoms with Gasteiger partial charge in [0.2, 0.25) is 0 Å². The number of methoxy groups -OCH3 is 1. The molecular formula is C13H16N2O2. The first-order chi connectivity index (χ1) is 8.20. The number of benzene rings is 1. The van der Waals surface area contributed by atoms with Crippen molar-refractivity contribution in [2.24, 2.45) is 0 Å². The van der Waals surface area contributed by atoms with Crippen molar-refractivity contribution in [2.75, 3.05) is 24.8 Å². The Hall–Kier alpha value is -2.10. The molecule has 0 saturated heterocycles. The predicted molar refractivity (Wildman–Crippen MR) is 68.2 cm³/mol. The molecule has 0 atom stereocenters. The normalized spacial score (nSPS) is 10.2. The van der Waals surface area contributed by atoms with Gasteiger partial charge in [-0.1, -0.05) is 0 Å². The first-order valence-electron chi connectivity index (χ1n) is 5.37. The molecule has 4 nitrogen and oxygen atoms in total. The minimum atomic E-state index is 0.684. The van der Waals surface area contributed by atoms with E-state index in [0.717, 1.165) is 17.2 Å². The van der Waals surface area contributed by atoms with Gasteiger partial charge in [0.05, 0.1) is 31.3 Å². The Labute approximate surface area is 101 Å². The lowest BCUT2D eigenvalue weighted by molar-refractivity contribution is 0.415. The Morgan fingerprint density at radius 2 is 2.18 bits per heavy atom. The van der Waals surface area contributed by atoms with Crippen LogP contribution in [-0.4, -0.2) is 14.2 Å². The molecule has 0 saturated carbocycles. The van der Waals surface area contributed by atoms with Crippen LogP contribution >= 0.6 is 0 Å². The molecule has 0 unspecified atom stereocenters. The van der Waals surface area contributed by atoms with E-state index in [-0.39, 0.29) is 0 Å². The fourth-order valence-electron chi connectivity index (χ4n) is 1.73. The van der Waals surface area contributed by atoms with Crippen molar-refractivity contribution >= 4 is 11.4 Å². The van der Waals surface area contributed by atoms with Crippen molar-refractivity contribution in [1.82, 2.24) is 0 Å². The number of ether oxygens (including phenoxy) is 1. The van der Waals surface area contributed by atoms with Crippen LogP contribution < -0.4 is 15.4 Å². The molecule has 0 amide bonds. The SMILES string of the molecule is COc1ccc(N(C)Cc2ccco2)c(N)c1. The third-order valence-corrected chi connectivity index (χ3v) is 2.62. The molecular weight excluding hydrogens is 216 g/mol. The third-order valence-electron chi connectivity index (χ3n) is 2.62. The largest absolute Gasteiger partial charge is 0.497 e. The van der Waals surface area contributed by atoms with Crippen molar-refractivity contribution < 1.29 is 9.15 Å². The van der Waals surface area contributed by atoms with Gasteiger partial charge in [-0.2, -0.15) is 0 Å². The topological polar surface area (TPSA) is 51.6 Å². The Morgan fingerprint density at radius 1 is 1.35 bits per heavy atom. The van der Waals surface area contributed by atoms with Crippen LogP contribution in [0.25, 0.3) is 0 Å². The van der Waals surface area contributed by atoms with E-state index in [1.807, 2.05) is 42.3 Å². The van der Waals surface area contributed by atoms with Crippen LogP contribution in [0.15, 0.2) is 41.0 Å². The molecule has 0 fully saturated rings. The molecule has 0 bridgehead atoms. The summed E-state index contributed by atoms with van der Waals surface area (Å²) in [7, 11) is 3.60. The van der Waals surface area contributed by atoms with Crippen molar-refractivity contribution in [3.63, 3.8) is 0 Å². The fraction of sp³-hybridized carbons (Fsp3) is 0.231. The lowest BCUT2D eigenvalue weighted by atomic mass is 10.2. The van der Waals surface area contributed by atoms with E-state index < -0.39 is 0 Å². The van der Waals surface area contributed by atoms with Gasteiger partial charge in [0.25, 0.3) is 0 Å². The molecule has 2 aromatic rings. The molecule has 1 aromatic heterocycles. The van der Waals surface area contributed by atoms with Crippen LogP contribution in [0, 0.1) is 0 Å². The monoisotopic (exact) mass is 232 g/mol. The molecule has 1 aromatic carbocycles. The van der Waals surface area contributed by atoms with Crippen LogP contribution in [0.5, 0.6) is 5.75 Å². The summed E-state index contributed by atoms with van der Waals surface area (Å²) in [5.41, 5.74) is 7.63. The summed E-state index contributed by atoms with van der Waals surface area (Å²) in [6, 6.07) is 9.46. The quantitative estimate of drug-likeness (QED) is 0.823. The Morgan fingerprint density at radius 3 is 2.76 bits per heavy atom. The highest BCUT2D eigenvalue weighted by Gasteiger charge is 2.08. The van der Waals surface area contributed by atoms with Crippen molar-refractivity contribution in [3.8, 4) is 5.75 Å². The smallest absolute Gasteiger partial charge is 0.123 e. The van der Waals surface area contributed by atoms with Crippen molar-refractivity contribution in [3.05, 3.63) is 42.4 Å². The second-order valence-corrected chi connectivity index (χ2v) is 3.86. The van der Waals surface area contributed by atoms with Gasteiger partial charge in [0.1, 0.15) is 11.5 Å². The summed E-state index contributed by atoms with van der Waals surface area (Å²) in [6.07, 6.45) is 1.67. The third kappa shape index (κ3) is 2.53. The van der Waals surface area contributed by atoms with Crippen molar-refractivity contribution in [1.29, 1.82) is 0 Å². The minimum Gasteiger partial charge on any atom is -0.497 e. The molecule has 0 aliphatic rings. The zero-order valence-corrected chi connectivity index (χ0v) is 10.0. The predicted octanol–water partition coefficient (Wildman–Crippen LogP) is 2.51. The summed E-state index contributed by atoms with van der Waals surface area (Å²) >= 11 is 0. The van der Waals surface area contributed by atoms with E-state index in [2.05, 4.69) is 0 Å². The summed E-state index contributed by atoms with van der Waals surface area (Å²) < 4.78 is 10.4. The lowest BCUT2D eigenvalue weighted by Crippen LogP contribution is -2.17. The average Bonchev–Trinajstić information content (AvgIpc) is 2.81. The molecule has 0 radical (unpaired) electrons. The fourth-order valence-corrected chi connectivity index (χ4v) is 1.73. The summed E-state index contributed by atoms with van der Waals surface area (Å²) in [5.74, 6) is 1.67. The summed E-state index contributed by atoms with van der Waals surface area (Å²) in [6.45, 7) is 0.684. The first-order valence-corrected chi connectivity index (χ1v) is 5.37. The molecule has 17 heavy (non-hydrogen) atoms. The van der Waals surface area contributed by atoms with Gasteiger partial charge in [-0.25, -0.2) is 0 Å². The summed E-state index contributed by atoms with van der Waals surface area (Å²) in [5, 5.41) is 0. The maximum atomic E-state index is 5.97. The number of anilines is 2. The van der Waals surface area contributed by atoms with Gasteiger partial charge in [0.15, 0.2) is 0 Å². The van der Waals surface area contributed by atoms with Gasteiger partial charge in [0, 0.05) is 13.1 Å². The number of nitrogens with zero attached hydrogens (tertiary/aromatic N) is 1. The maximum Gasteiger partial charge on any atom is 0.123 e. The van der Waals surface area contributed by atoms with E-state index in [0.29, 0.717) is 12.2 Å². The maximum absolute atomic E-state index is 5.97. The highest BCUT2D eigenvalue weighted by atomic mass is 16.5. The molecule has 4 heteroatoms. The van der Waals surface area contributed by atoms with Gasteiger partial charge in [-0.15, -0.1) is 0 Å². The van der Waals surface area contributed by atoms with Gasteiger partial charge >= 0.3 is 0 Å². The molecule has 2 rings (SSSR count). The lowest BCUT2D eigenvalue weighted by Gasteiger charge is -2.20. The number of hydrogen-bond acceptors (Lipinski definition) is 4. The molecule has 2 N–H and O–H groups in total. The highest BCUT2D eigenvalue weighted by molar-refractivity contribution is 5.69. The van der Waals surface area contributed by atoms with Crippen LogP contribution in [0.1, 0.15) is 5.76 Å². The van der Waals surface area contributed by atoms with Crippen LogP contribution in [-0.2, 0) is 6.54 Å². The van der Waals surface area contributed by atoms with Crippen LogP contribution in [0.3, 0.4) is 0 Å². The second-order valence-electron chi connectivity index (χ2n) is 3.86. The molecule has 1 heterocycles. The van der Waals surface area contributed by atoms with E-state index >= 15 is 0 Å². The van der Waals surface area contributed by atoms with E-state index in [9.17, 15) is 0 Å². The number of nitrogen functional groups attached to an aromatic ring is 1. The zero-order chi connectivity index (χ0) is 12.3. The number of nitrogens with two attached hydrogens (primary N) is 1. The minimum absolute atomic E-state index is 0.684. The molecule has 0 aliphatic heterocycles.